The molecule has 0 aliphatic carbocycles. The number of carbonyl (C=O) groups is 1. The van der Waals surface area contributed by atoms with Gasteiger partial charge < -0.3 is 14.4 Å². The van der Waals surface area contributed by atoms with Crippen LogP contribution < -0.4 is 4.74 Å². The van der Waals surface area contributed by atoms with Crippen LogP contribution in [-0.4, -0.2) is 35.2 Å². The van der Waals surface area contributed by atoms with E-state index < -0.39 is 5.60 Å². The highest BCUT2D eigenvalue weighted by atomic mass is 16.6. The number of rotatable bonds is 2. The van der Waals surface area contributed by atoms with Gasteiger partial charge in [-0.15, -0.1) is 0 Å². The van der Waals surface area contributed by atoms with Gasteiger partial charge in [-0.3, -0.25) is 0 Å². The number of amides is 1. The maximum Gasteiger partial charge on any atom is 0.410 e. The van der Waals surface area contributed by atoms with Crippen LogP contribution in [0, 0.1) is 6.92 Å². The summed E-state index contributed by atoms with van der Waals surface area (Å²) in [5, 5.41) is 0. The monoisotopic (exact) mass is 306 g/mol. The van der Waals surface area contributed by atoms with Crippen LogP contribution in [0.1, 0.15) is 57.2 Å². The molecule has 0 aromatic carbocycles. The number of hydrogen-bond donors (Lipinski definition) is 0. The molecular weight excluding hydrogens is 280 g/mol. The second-order valence-corrected chi connectivity index (χ2v) is 6.77. The van der Waals surface area contributed by atoms with Crippen molar-refractivity contribution in [2.75, 3.05) is 13.7 Å². The zero-order valence-electron chi connectivity index (χ0n) is 14.2. The molecule has 0 saturated carbocycles. The third-order valence-corrected chi connectivity index (χ3v) is 3.83. The number of nitrogens with zero attached hydrogens (tertiary/aromatic N) is 2. The molecule has 0 bridgehead atoms. The SMILES string of the molecule is COc1cc(C)c([C@@H]2CCCCN2C(=O)OC(C)(C)C)cn1. The molecule has 1 saturated heterocycles. The minimum Gasteiger partial charge on any atom is -0.481 e. The van der Waals surface area contributed by atoms with E-state index in [1.54, 1.807) is 7.11 Å². The predicted molar refractivity (Wildman–Crippen MR) is 85.1 cm³/mol. The summed E-state index contributed by atoms with van der Waals surface area (Å²) >= 11 is 0. The fraction of sp³-hybridized carbons (Fsp3) is 0.647. The molecule has 1 aliphatic heterocycles. The second-order valence-electron chi connectivity index (χ2n) is 6.77. The van der Waals surface area contributed by atoms with E-state index in [1.807, 2.05) is 44.9 Å². The molecule has 1 atom stereocenters. The smallest absolute Gasteiger partial charge is 0.410 e. The summed E-state index contributed by atoms with van der Waals surface area (Å²) < 4.78 is 10.7. The van der Waals surface area contributed by atoms with Crippen LogP contribution >= 0.6 is 0 Å². The maximum atomic E-state index is 12.5. The van der Waals surface area contributed by atoms with Crippen LogP contribution in [0.5, 0.6) is 5.88 Å². The van der Waals surface area contributed by atoms with E-state index in [1.165, 1.54) is 0 Å². The maximum absolute atomic E-state index is 12.5. The lowest BCUT2D eigenvalue weighted by molar-refractivity contribution is 0.00942. The van der Waals surface area contributed by atoms with E-state index in [4.69, 9.17) is 9.47 Å². The lowest BCUT2D eigenvalue weighted by atomic mass is 9.94. The van der Waals surface area contributed by atoms with Crippen LogP contribution in [0.15, 0.2) is 12.3 Å². The second kappa shape index (κ2) is 6.55. The van der Waals surface area contributed by atoms with E-state index >= 15 is 0 Å². The first kappa shape index (κ1) is 16.6. The van der Waals surface area contributed by atoms with Crippen molar-refractivity contribution in [3.63, 3.8) is 0 Å². The van der Waals surface area contributed by atoms with Crippen molar-refractivity contribution in [1.29, 1.82) is 0 Å². The van der Waals surface area contributed by atoms with Crippen LogP contribution in [0.4, 0.5) is 4.79 Å². The first-order chi connectivity index (χ1) is 10.3. The van der Waals surface area contributed by atoms with E-state index in [2.05, 4.69) is 4.98 Å². The van der Waals surface area contributed by atoms with Crippen molar-refractivity contribution >= 4 is 6.09 Å². The van der Waals surface area contributed by atoms with E-state index in [9.17, 15) is 4.79 Å². The quantitative estimate of drug-likeness (QED) is 0.832. The molecule has 5 nitrogen and oxygen atoms in total. The molecule has 2 heterocycles. The van der Waals surface area contributed by atoms with Crippen LogP contribution in [0.3, 0.4) is 0 Å². The Labute approximate surface area is 132 Å². The lowest BCUT2D eigenvalue weighted by Crippen LogP contribution is -2.42. The Morgan fingerprint density at radius 3 is 2.68 bits per heavy atom. The molecule has 1 fully saturated rings. The van der Waals surface area contributed by atoms with Crippen molar-refractivity contribution < 1.29 is 14.3 Å². The van der Waals surface area contributed by atoms with Gasteiger partial charge in [0.1, 0.15) is 5.60 Å². The minimum atomic E-state index is -0.480. The van der Waals surface area contributed by atoms with Gasteiger partial charge in [0.25, 0.3) is 0 Å². The molecule has 22 heavy (non-hydrogen) atoms. The van der Waals surface area contributed by atoms with Gasteiger partial charge in [0, 0.05) is 18.8 Å². The number of likely N-dealkylation sites (tertiary alicyclic amines) is 1. The third kappa shape index (κ3) is 3.90. The van der Waals surface area contributed by atoms with Crippen LogP contribution in [-0.2, 0) is 4.74 Å². The summed E-state index contributed by atoms with van der Waals surface area (Å²) in [6.07, 6.45) is 4.64. The molecule has 1 aromatic rings. The van der Waals surface area contributed by atoms with Gasteiger partial charge in [0.15, 0.2) is 0 Å². The van der Waals surface area contributed by atoms with Crippen LogP contribution in [0.2, 0.25) is 0 Å². The van der Waals surface area contributed by atoms with Crippen molar-refractivity contribution in [3.8, 4) is 5.88 Å². The Hall–Kier alpha value is -1.78. The number of methoxy groups -OCH3 is 1. The number of piperidine rings is 1. The summed E-state index contributed by atoms with van der Waals surface area (Å²) in [5.41, 5.74) is 1.69. The van der Waals surface area contributed by atoms with Gasteiger partial charge in [-0.05, 0) is 58.1 Å². The molecule has 0 N–H and O–H groups in total. The molecule has 5 heteroatoms. The number of carbonyl (C=O) groups excluding carboxylic acids is 1. The fourth-order valence-electron chi connectivity index (χ4n) is 2.80. The Bertz CT molecular complexity index is 537. The highest BCUT2D eigenvalue weighted by Gasteiger charge is 2.32. The molecule has 122 valence electrons. The molecule has 1 aromatic heterocycles. The molecule has 2 rings (SSSR count). The summed E-state index contributed by atoms with van der Waals surface area (Å²) in [7, 11) is 1.61. The number of ether oxygens (including phenoxy) is 2. The number of aromatic nitrogens is 1. The summed E-state index contributed by atoms with van der Waals surface area (Å²) in [6, 6.07) is 1.94. The average molecular weight is 306 g/mol. The summed E-state index contributed by atoms with van der Waals surface area (Å²) in [6.45, 7) is 8.44. The van der Waals surface area contributed by atoms with Crippen molar-refractivity contribution in [3.05, 3.63) is 23.4 Å². The van der Waals surface area contributed by atoms with Gasteiger partial charge in [-0.1, -0.05) is 0 Å². The highest BCUT2D eigenvalue weighted by Crippen LogP contribution is 2.34. The molecule has 0 radical (unpaired) electrons. The third-order valence-electron chi connectivity index (χ3n) is 3.83. The molecule has 1 aliphatic rings. The van der Waals surface area contributed by atoms with E-state index in [-0.39, 0.29) is 12.1 Å². The Morgan fingerprint density at radius 1 is 1.36 bits per heavy atom. The van der Waals surface area contributed by atoms with Crippen molar-refractivity contribution in [2.24, 2.45) is 0 Å². The van der Waals surface area contributed by atoms with Crippen molar-refractivity contribution in [1.82, 2.24) is 9.88 Å². The molecule has 1 amide bonds. The average Bonchev–Trinajstić information content (AvgIpc) is 2.45. The highest BCUT2D eigenvalue weighted by molar-refractivity contribution is 5.69. The fourth-order valence-corrected chi connectivity index (χ4v) is 2.80. The first-order valence-electron chi connectivity index (χ1n) is 7.82. The number of hydrogen-bond acceptors (Lipinski definition) is 4. The topological polar surface area (TPSA) is 51.7 Å². The molecular formula is C17H26N2O3. The normalized spacial score (nSPS) is 19.0. The van der Waals surface area contributed by atoms with E-state index in [0.717, 1.165) is 36.9 Å². The van der Waals surface area contributed by atoms with Crippen LogP contribution in [0.25, 0.3) is 0 Å². The number of pyridine rings is 1. The zero-order valence-corrected chi connectivity index (χ0v) is 14.2. The zero-order chi connectivity index (χ0) is 16.3. The summed E-state index contributed by atoms with van der Waals surface area (Å²) in [5.74, 6) is 0.598. The lowest BCUT2D eigenvalue weighted by Gasteiger charge is -2.37. The molecule has 0 unspecified atom stereocenters. The Morgan fingerprint density at radius 2 is 2.09 bits per heavy atom. The van der Waals surface area contributed by atoms with Gasteiger partial charge in [-0.25, -0.2) is 9.78 Å². The van der Waals surface area contributed by atoms with Gasteiger partial charge in [-0.2, -0.15) is 0 Å². The van der Waals surface area contributed by atoms with Gasteiger partial charge in [0.2, 0.25) is 5.88 Å². The molecule has 0 spiro atoms. The van der Waals surface area contributed by atoms with Gasteiger partial charge in [0.05, 0.1) is 13.2 Å². The van der Waals surface area contributed by atoms with Crippen molar-refractivity contribution in [2.45, 2.75) is 58.6 Å². The summed E-state index contributed by atoms with van der Waals surface area (Å²) in [4.78, 5) is 18.6. The standard InChI is InChI=1S/C17H26N2O3/c1-12-10-15(21-5)18-11-13(12)14-8-6-7-9-19(14)16(20)22-17(2,3)4/h10-11,14H,6-9H2,1-5H3/t14-/m0/s1. The minimum absolute atomic E-state index is 0.0296. The number of aryl methyl sites for hydroxylation is 1. The first-order valence-corrected chi connectivity index (χ1v) is 7.82. The van der Waals surface area contributed by atoms with E-state index in [0.29, 0.717) is 5.88 Å². The predicted octanol–water partition coefficient (Wildman–Crippen LogP) is 3.86. The van der Waals surface area contributed by atoms with Gasteiger partial charge >= 0.3 is 6.09 Å². The Kier molecular flexibility index (Phi) is 4.94. The largest absolute Gasteiger partial charge is 0.481 e. The Balaban J connectivity index is 2.24.